The fourth-order valence-electron chi connectivity index (χ4n) is 2.09. The van der Waals surface area contributed by atoms with Crippen LogP contribution in [0.5, 0.6) is 0 Å². The fourth-order valence-corrected chi connectivity index (χ4v) is 3.20. The van der Waals surface area contributed by atoms with Gasteiger partial charge in [-0.1, -0.05) is 20.8 Å². The molecule has 0 saturated heterocycles. The van der Waals surface area contributed by atoms with Crippen molar-refractivity contribution in [3.63, 3.8) is 0 Å². The zero-order valence-corrected chi connectivity index (χ0v) is 13.8. The molecule has 4 nitrogen and oxygen atoms in total. The first kappa shape index (κ1) is 16.1. The molecule has 0 aliphatic rings. The minimum Gasteiger partial charge on any atom is -0.271 e. The molecule has 1 unspecified atom stereocenters. The number of thiazole rings is 1. The lowest BCUT2D eigenvalue weighted by Gasteiger charge is -2.16. The molecule has 0 aliphatic carbocycles. The van der Waals surface area contributed by atoms with E-state index in [0.717, 1.165) is 30.0 Å². The van der Waals surface area contributed by atoms with Crippen LogP contribution >= 0.6 is 11.3 Å². The Bertz CT molecular complexity index is 545. The Hall–Kier alpha value is -1.30. The normalized spacial score (nSPS) is 13.3. The largest absolute Gasteiger partial charge is 0.271 e. The van der Waals surface area contributed by atoms with E-state index in [9.17, 15) is 0 Å². The average molecular weight is 304 g/mol. The maximum Gasteiger partial charge on any atom is 0.0944 e. The molecule has 0 radical (unpaired) electrons. The summed E-state index contributed by atoms with van der Waals surface area (Å²) >= 11 is 1.73. The van der Waals surface area contributed by atoms with Gasteiger partial charge in [0.1, 0.15) is 0 Å². The Labute approximate surface area is 130 Å². The van der Waals surface area contributed by atoms with Gasteiger partial charge in [0.05, 0.1) is 10.7 Å². The highest BCUT2D eigenvalue weighted by Crippen LogP contribution is 2.24. The number of nitrogens with one attached hydrogen (secondary N) is 1. The van der Waals surface area contributed by atoms with Crippen LogP contribution in [-0.2, 0) is 18.3 Å². The summed E-state index contributed by atoms with van der Waals surface area (Å²) in [5, 5.41) is 3.31. The van der Waals surface area contributed by atoms with Crippen molar-refractivity contribution in [2.45, 2.75) is 51.5 Å². The minimum absolute atomic E-state index is 0.109. The third kappa shape index (κ3) is 4.88. The Kier molecular flexibility index (Phi) is 5.45. The van der Waals surface area contributed by atoms with E-state index in [1.165, 1.54) is 5.56 Å². The fraction of sp³-hybridized carbons (Fsp3) is 0.500. The Morgan fingerprint density at radius 3 is 2.57 bits per heavy atom. The van der Waals surface area contributed by atoms with E-state index in [2.05, 4.69) is 48.7 Å². The van der Waals surface area contributed by atoms with Gasteiger partial charge in [0.2, 0.25) is 0 Å². The predicted octanol–water partition coefficient (Wildman–Crippen LogP) is 2.84. The molecule has 0 saturated carbocycles. The highest BCUT2D eigenvalue weighted by Gasteiger charge is 2.18. The average Bonchev–Trinajstić information content (AvgIpc) is 2.93. The number of rotatable bonds is 6. The summed E-state index contributed by atoms with van der Waals surface area (Å²) in [6.45, 7) is 6.57. The molecule has 0 aliphatic heterocycles. The van der Waals surface area contributed by atoms with Gasteiger partial charge in [-0.2, -0.15) is 0 Å². The van der Waals surface area contributed by atoms with Crippen molar-refractivity contribution >= 4 is 11.3 Å². The second-order valence-corrected chi connectivity index (χ2v) is 7.28. The van der Waals surface area contributed by atoms with E-state index < -0.39 is 0 Å². The SMILES string of the molecule is CC(C)(C)c1csc(CC(CCc2ccncc2)NN)n1. The van der Waals surface area contributed by atoms with E-state index in [0.29, 0.717) is 0 Å². The van der Waals surface area contributed by atoms with Crippen LogP contribution in [0.15, 0.2) is 29.9 Å². The molecule has 114 valence electrons. The number of hydrogen-bond acceptors (Lipinski definition) is 5. The van der Waals surface area contributed by atoms with E-state index >= 15 is 0 Å². The van der Waals surface area contributed by atoms with Crippen molar-refractivity contribution in [1.29, 1.82) is 0 Å². The summed E-state index contributed by atoms with van der Waals surface area (Å²) < 4.78 is 0. The smallest absolute Gasteiger partial charge is 0.0944 e. The molecular weight excluding hydrogens is 280 g/mol. The van der Waals surface area contributed by atoms with E-state index in [1.807, 2.05) is 12.4 Å². The molecule has 2 aromatic heterocycles. The number of nitrogens with two attached hydrogens (primary N) is 1. The summed E-state index contributed by atoms with van der Waals surface area (Å²) in [4.78, 5) is 8.77. The first-order chi connectivity index (χ1) is 9.99. The van der Waals surface area contributed by atoms with Crippen LogP contribution in [0, 0.1) is 0 Å². The molecule has 1 atom stereocenters. The summed E-state index contributed by atoms with van der Waals surface area (Å²) in [5.41, 5.74) is 5.48. The van der Waals surface area contributed by atoms with Gasteiger partial charge in [-0.3, -0.25) is 16.3 Å². The molecule has 2 aromatic rings. The molecule has 2 heterocycles. The van der Waals surface area contributed by atoms with Crippen LogP contribution in [0.3, 0.4) is 0 Å². The molecule has 0 fully saturated rings. The van der Waals surface area contributed by atoms with Crippen LogP contribution in [0.1, 0.15) is 43.5 Å². The van der Waals surface area contributed by atoms with Crippen molar-refractivity contribution in [3.05, 3.63) is 46.2 Å². The lowest BCUT2D eigenvalue weighted by Crippen LogP contribution is -2.37. The van der Waals surface area contributed by atoms with Crippen molar-refractivity contribution in [2.75, 3.05) is 0 Å². The Morgan fingerprint density at radius 1 is 1.29 bits per heavy atom. The lowest BCUT2D eigenvalue weighted by molar-refractivity contribution is 0.488. The lowest BCUT2D eigenvalue weighted by atomic mass is 9.93. The zero-order chi connectivity index (χ0) is 15.3. The van der Waals surface area contributed by atoms with Gasteiger partial charge < -0.3 is 0 Å². The van der Waals surface area contributed by atoms with Gasteiger partial charge in [0.15, 0.2) is 0 Å². The zero-order valence-electron chi connectivity index (χ0n) is 13.0. The van der Waals surface area contributed by atoms with E-state index in [1.54, 1.807) is 11.3 Å². The topological polar surface area (TPSA) is 63.8 Å². The van der Waals surface area contributed by atoms with Gasteiger partial charge in [-0.25, -0.2) is 4.98 Å². The van der Waals surface area contributed by atoms with Crippen molar-refractivity contribution in [1.82, 2.24) is 15.4 Å². The molecule has 21 heavy (non-hydrogen) atoms. The van der Waals surface area contributed by atoms with Crippen LogP contribution in [0.4, 0.5) is 0 Å². The Balaban J connectivity index is 1.91. The molecule has 0 aromatic carbocycles. The van der Waals surface area contributed by atoms with Crippen LogP contribution in [0.2, 0.25) is 0 Å². The van der Waals surface area contributed by atoms with Gasteiger partial charge in [-0.05, 0) is 30.5 Å². The van der Waals surface area contributed by atoms with Crippen molar-refractivity contribution in [2.24, 2.45) is 5.84 Å². The molecule has 0 bridgehead atoms. The first-order valence-corrected chi connectivity index (χ1v) is 8.17. The van der Waals surface area contributed by atoms with Crippen molar-refractivity contribution in [3.8, 4) is 0 Å². The van der Waals surface area contributed by atoms with Crippen molar-refractivity contribution < 1.29 is 0 Å². The molecule has 3 N–H and O–H groups in total. The highest BCUT2D eigenvalue weighted by atomic mass is 32.1. The van der Waals surface area contributed by atoms with Crippen LogP contribution in [-0.4, -0.2) is 16.0 Å². The number of aryl methyl sites for hydroxylation is 1. The Morgan fingerprint density at radius 2 is 2.00 bits per heavy atom. The first-order valence-electron chi connectivity index (χ1n) is 7.29. The second kappa shape index (κ2) is 7.11. The quantitative estimate of drug-likeness (QED) is 0.636. The number of pyridine rings is 1. The third-order valence-corrected chi connectivity index (χ3v) is 4.38. The number of nitrogens with zero attached hydrogens (tertiary/aromatic N) is 2. The van der Waals surface area contributed by atoms with E-state index in [4.69, 9.17) is 10.8 Å². The molecule has 5 heteroatoms. The number of hydrogen-bond donors (Lipinski definition) is 2. The van der Waals surface area contributed by atoms with E-state index in [-0.39, 0.29) is 11.5 Å². The summed E-state index contributed by atoms with van der Waals surface area (Å²) in [6, 6.07) is 4.35. The van der Waals surface area contributed by atoms with Gasteiger partial charge >= 0.3 is 0 Å². The molecule has 2 rings (SSSR count). The van der Waals surface area contributed by atoms with Crippen LogP contribution in [0.25, 0.3) is 0 Å². The monoisotopic (exact) mass is 304 g/mol. The molecular formula is C16H24N4S. The summed E-state index contributed by atoms with van der Waals surface area (Å²) in [5.74, 6) is 5.69. The van der Waals surface area contributed by atoms with Crippen LogP contribution < -0.4 is 11.3 Å². The summed E-state index contributed by atoms with van der Waals surface area (Å²) in [6.07, 6.45) is 6.52. The molecule has 0 spiro atoms. The second-order valence-electron chi connectivity index (χ2n) is 6.34. The van der Waals surface area contributed by atoms with Gasteiger partial charge in [0, 0.05) is 35.7 Å². The standard InChI is InChI=1S/C16H24N4S/c1-16(2,3)14-11-21-15(19-14)10-13(20-17)5-4-12-6-8-18-9-7-12/h6-9,11,13,20H,4-5,10,17H2,1-3H3. The number of hydrazine groups is 1. The number of aromatic nitrogens is 2. The van der Waals surface area contributed by atoms with Gasteiger partial charge in [0.25, 0.3) is 0 Å². The third-order valence-electron chi connectivity index (χ3n) is 3.51. The predicted molar refractivity (Wildman–Crippen MR) is 88.2 cm³/mol. The maximum atomic E-state index is 5.69. The maximum absolute atomic E-state index is 5.69. The summed E-state index contributed by atoms with van der Waals surface area (Å²) in [7, 11) is 0. The van der Waals surface area contributed by atoms with Gasteiger partial charge in [-0.15, -0.1) is 11.3 Å². The molecule has 0 amide bonds. The minimum atomic E-state index is 0.109. The highest BCUT2D eigenvalue weighted by molar-refractivity contribution is 7.09.